The summed E-state index contributed by atoms with van der Waals surface area (Å²) in [4.78, 5) is 4.65. The van der Waals surface area contributed by atoms with Gasteiger partial charge in [-0.2, -0.15) is 13.2 Å². The molecule has 2 aromatic rings. The molecule has 2 heterocycles. The zero-order valence-electron chi connectivity index (χ0n) is 16.4. The van der Waals surface area contributed by atoms with E-state index in [0.717, 1.165) is 6.07 Å². The van der Waals surface area contributed by atoms with Gasteiger partial charge < -0.3 is 10.0 Å². The Bertz CT molecular complexity index is 1110. The lowest BCUT2D eigenvalue weighted by Crippen LogP contribution is -2.35. The van der Waals surface area contributed by atoms with Crippen LogP contribution in [0.1, 0.15) is 43.2 Å². The lowest BCUT2D eigenvalue weighted by molar-refractivity contribution is -0.137. The van der Waals surface area contributed by atoms with E-state index in [-0.39, 0.29) is 23.5 Å². The molecule has 0 bridgehead atoms. The van der Waals surface area contributed by atoms with Crippen molar-refractivity contribution in [2.45, 2.75) is 31.7 Å². The molecule has 0 saturated carbocycles. The summed E-state index contributed by atoms with van der Waals surface area (Å²) in [6, 6.07) is 6.72. The first-order chi connectivity index (χ1) is 13.4. The molecule has 29 heavy (non-hydrogen) atoms. The molecule has 3 rings (SSSR count). The lowest BCUT2D eigenvalue weighted by atomic mass is 9.96. The van der Waals surface area contributed by atoms with E-state index in [9.17, 15) is 26.7 Å². The molecule has 0 saturated heterocycles. The number of nitrogens with zero attached hydrogens (tertiary/aromatic N) is 2. The van der Waals surface area contributed by atoms with Crippen molar-refractivity contribution in [2.24, 2.45) is 0 Å². The molecular formula is C20H21F3N2O3S. The van der Waals surface area contributed by atoms with E-state index in [2.05, 4.69) is 4.98 Å². The number of aliphatic hydroxyl groups is 1. The predicted molar refractivity (Wildman–Crippen MR) is 106 cm³/mol. The van der Waals surface area contributed by atoms with E-state index in [1.807, 2.05) is 0 Å². The Morgan fingerprint density at radius 3 is 2.41 bits per heavy atom. The summed E-state index contributed by atoms with van der Waals surface area (Å²) >= 11 is 0. The maximum atomic E-state index is 14.1. The van der Waals surface area contributed by atoms with Gasteiger partial charge in [-0.05, 0) is 32.9 Å². The van der Waals surface area contributed by atoms with Gasteiger partial charge in [-0.15, -0.1) is 0 Å². The van der Waals surface area contributed by atoms with Gasteiger partial charge in [0.15, 0.2) is 15.6 Å². The Balaban J connectivity index is 2.48. The monoisotopic (exact) mass is 426 g/mol. The molecule has 1 aliphatic rings. The maximum absolute atomic E-state index is 14.1. The van der Waals surface area contributed by atoms with Crippen LogP contribution in [0.25, 0.3) is 10.7 Å². The number of sulfone groups is 1. The molecule has 1 aromatic heterocycles. The second kappa shape index (κ2) is 6.76. The molecule has 1 aliphatic heterocycles. The van der Waals surface area contributed by atoms with Crippen molar-refractivity contribution in [1.29, 1.82) is 0 Å². The molecule has 0 unspecified atom stereocenters. The van der Waals surface area contributed by atoms with Crippen LogP contribution in [0, 0.1) is 0 Å². The van der Waals surface area contributed by atoms with E-state index in [1.54, 1.807) is 6.92 Å². The van der Waals surface area contributed by atoms with Crippen molar-refractivity contribution in [3.8, 4) is 0 Å². The van der Waals surface area contributed by atoms with Crippen LogP contribution in [-0.2, 0) is 20.8 Å². The van der Waals surface area contributed by atoms with Crippen LogP contribution >= 0.6 is 0 Å². The van der Waals surface area contributed by atoms with Gasteiger partial charge in [0.1, 0.15) is 10.6 Å². The van der Waals surface area contributed by atoms with Crippen LogP contribution in [0.2, 0.25) is 0 Å². The van der Waals surface area contributed by atoms with Crippen molar-refractivity contribution < 1.29 is 26.7 Å². The second-order valence-electron chi connectivity index (χ2n) is 7.30. The van der Waals surface area contributed by atoms with E-state index < -0.39 is 42.6 Å². The molecule has 0 amide bonds. The van der Waals surface area contributed by atoms with Crippen LogP contribution in [0.5, 0.6) is 0 Å². The fraction of sp³-hybridized carbons (Fsp3) is 0.350. The molecule has 0 spiro atoms. The lowest BCUT2D eigenvalue weighted by Gasteiger charge is -2.34. The number of benzene rings is 1. The highest BCUT2D eigenvalue weighted by atomic mass is 32.2. The molecule has 0 aliphatic carbocycles. The summed E-state index contributed by atoms with van der Waals surface area (Å²) in [5, 5.41) is 10.8. The third-order valence-electron chi connectivity index (χ3n) is 5.29. The first kappa shape index (κ1) is 21.2. The van der Waals surface area contributed by atoms with Gasteiger partial charge in [-0.25, -0.2) is 8.42 Å². The highest BCUT2D eigenvalue weighted by molar-refractivity contribution is 8.01. The minimum atomic E-state index is -4.84. The van der Waals surface area contributed by atoms with Crippen molar-refractivity contribution in [1.82, 2.24) is 4.98 Å². The number of hydrogen-bond acceptors (Lipinski definition) is 5. The fourth-order valence-electron chi connectivity index (χ4n) is 3.50. The summed E-state index contributed by atoms with van der Waals surface area (Å²) in [5.41, 5.74) is -1.67. The third-order valence-corrected chi connectivity index (χ3v) is 7.81. The molecule has 0 fully saturated rings. The predicted octanol–water partition coefficient (Wildman–Crippen LogP) is 4.60. The van der Waals surface area contributed by atoms with Crippen molar-refractivity contribution in [3.05, 3.63) is 58.9 Å². The topological polar surface area (TPSA) is 70.5 Å². The number of halogens is 3. The zero-order chi connectivity index (χ0) is 21.8. The molecule has 5 nitrogen and oxygen atoms in total. The molecule has 9 heteroatoms. The molecule has 1 aromatic carbocycles. The summed E-state index contributed by atoms with van der Waals surface area (Å²) in [7, 11) is -2.89. The average molecular weight is 426 g/mol. The summed E-state index contributed by atoms with van der Waals surface area (Å²) in [6.45, 7) is 4.75. The summed E-state index contributed by atoms with van der Waals surface area (Å²) in [5.74, 6) is -0.776. The van der Waals surface area contributed by atoms with E-state index >= 15 is 0 Å². The minimum Gasteiger partial charge on any atom is -0.504 e. The van der Waals surface area contributed by atoms with Crippen LogP contribution in [-0.4, -0.2) is 32.1 Å². The average Bonchev–Trinajstić information content (AvgIpc) is 2.65. The number of alkyl halides is 3. The summed E-state index contributed by atoms with van der Waals surface area (Å²) in [6.07, 6.45) is -3.49. The van der Waals surface area contributed by atoms with Crippen molar-refractivity contribution >= 4 is 26.2 Å². The zero-order valence-corrected chi connectivity index (χ0v) is 17.2. The Kier molecular flexibility index (Phi) is 4.93. The van der Waals surface area contributed by atoms with E-state index in [1.165, 1.54) is 56.3 Å². The Morgan fingerprint density at radius 2 is 1.83 bits per heavy atom. The van der Waals surface area contributed by atoms with Gasteiger partial charge in [0, 0.05) is 36.6 Å². The van der Waals surface area contributed by atoms with Crippen LogP contribution in [0.4, 0.5) is 18.9 Å². The van der Waals surface area contributed by atoms with E-state index in [4.69, 9.17) is 0 Å². The van der Waals surface area contributed by atoms with Crippen LogP contribution < -0.4 is 4.90 Å². The van der Waals surface area contributed by atoms with Crippen molar-refractivity contribution in [2.75, 3.05) is 18.5 Å². The Hall–Kier alpha value is -2.55. The first-order valence-corrected chi connectivity index (χ1v) is 10.4. The van der Waals surface area contributed by atoms with Gasteiger partial charge in [-0.3, -0.25) is 4.98 Å². The van der Waals surface area contributed by atoms with Gasteiger partial charge in [0.25, 0.3) is 0 Å². The van der Waals surface area contributed by atoms with Crippen LogP contribution in [0.15, 0.2) is 36.5 Å². The van der Waals surface area contributed by atoms with Gasteiger partial charge in [0.05, 0.1) is 10.3 Å². The van der Waals surface area contributed by atoms with Crippen molar-refractivity contribution in [3.63, 3.8) is 0 Å². The Morgan fingerprint density at radius 1 is 1.17 bits per heavy atom. The number of fused-ring (bicyclic) bond motifs is 1. The smallest absolute Gasteiger partial charge is 0.419 e. The number of aromatic nitrogens is 1. The van der Waals surface area contributed by atoms with Gasteiger partial charge in [0.2, 0.25) is 0 Å². The summed E-state index contributed by atoms with van der Waals surface area (Å²) < 4.78 is 67.5. The number of aliphatic hydroxyl groups excluding tert-OH is 1. The number of anilines is 1. The fourth-order valence-corrected chi connectivity index (χ4v) is 5.28. The van der Waals surface area contributed by atoms with Crippen LogP contribution in [0.3, 0.4) is 0 Å². The molecule has 156 valence electrons. The first-order valence-electron chi connectivity index (χ1n) is 8.91. The SMILES string of the molecule is CCN(C)c1cccc(C2=C(O)c3ncccc3C(C)(C)S2(=O)=O)c1C(F)(F)F. The number of rotatable bonds is 3. The number of hydrogen-bond donors (Lipinski definition) is 1. The third kappa shape index (κ3) is 3.08. The van der Waals surface area contributed by atoms with E-state index in [0.29, 0.717) is 0 Å². The minimum absolute atomic E-state index is 0.0373. The Labute approximate surface area is 167 Å². The van der Waals surface area contributed by atoms with Gasteiger partial charge >= 0.3 is 6.18 Å². The largest absolute Gasteiger partial charge is 0.504 e. The molecule has 1 N–H and O–H groups in total. The normalized spacial score (nSPS) is 17.8. The molecule has 0 atom stereocenters. The van der Waals surface area contributed by atoms with Gasteiger partial charge in [-0.1, -0.05) is 18.2 Å². The molecule has 0 radical (unpaired) electrons. The highest BCUT2D eigenvalue weighted by Gasteiger charge is 2.50. The quantitative estimate of drug-likeness (QED) is 0.777. The molecular weight excluding hydrogens is 405 g/mol. The maximum Gasteiger partial charge on any atom is 0.419 e. The highest BCUT2D eigenvalue weighted by Crippen LogP contribution is 2.51. The standard InChI is InChI=1S/C20H21F3N2O3S/c1-5-25(4)14-10-6-8-12(15(14)20(21,22)23)18-17(26)16-13(9-7-11-24-16)19(2,3)29(18,27)28/h6-11,26H,5H2,1-4H3. The number of pyridine rings is 1. The second-order valence-corrected chi connectivity index (χ2v) is 9.74.